The number of hydrogen-bond donors (Lipinski definition) is 0. The number of ether oxygens (including phenoxy) is 3. The second-order valence-corrected chi connectivity index (χ2v) is 13.1. The minimum Gasteiger partial charge on any atom is -0.493 e. The first kappa shape index (κ1) is 39.3. The molecule has 0 saturated carbocycles. The van der Waals surface area contributed by atoms with Gasteiger partial charge in [0, 0.05) is 51.3 Å². The number of aromatic nitrogens is 1. The SMILES string of the molecule is Cc1cc(C=CC(=O)N2CCN(Cc3ccc(CCOc4ccc(F)cc4)cc3)CC2)cc(Cl)c1Oc1ccc(OCc2cccc(F)c2C)cn1.Cl. The number of halogens is 4. The van der Waals surface area contributed by atoms with Crippen molar-refractivity contribution < 1.29 is 27.8 Å². The van der Waals surface area contributed by atoms with E-state index in [0.29, 0.717) is 53.4 Å². The van der Waals surface area contributed by atoms with Crippen LogP contribution in [-0.4, -0.2) is 53.5 Å². The van der Waals surface area contributed by atoms with Crippen LogP contribution in [-0.2, 0) is 24.4 Å². The molecule has 1 fully saturated rings. The molecule has 0 bridgehead atoms. The van der Waals surface area contributed by atoms with Crippen LogP contribution >= 0.6 is 24.0 Å². The maximum Gasteiger partial charge on any atom is 0.246 e. The Hall–Kier alpha value is -4.96. The molecule has 4 aromatic carbocycles. The van der Waals surface area contributed by atoms with Gasteiger partial charge in [0.15, 0.2) is 5.75 Å². The normalized spacial score (nSPS) is 13.1. The molecule has 53 heavy (non-hydrogen) atoms. The van der Waals surface area contributed by atoms with Crippen LogP contribution in [0.2, 0.25) is 5.02 Å². The summed E-state index contributed by atoms with van der Waals surface area (Å²) in [6.07, 6.45) is 5.67. The zero-order valence-electron chi connectivity index (χ0n) is 29.6. The maximum atomic E-state index is 13.8. The summed E-state index contributed by atoms with van der Waals surface area (Å²) < 4.78 is 44.4. The third-order valence-corrected chi connectivity index (χ3v) is 9.23. The van der Waals surface area contributed by atoms with Gasteiger partial charge in [-0.3, -0.25) is 9.69 Å². The molecule has 1 amide bonds. The summed E-state index contributed by atoms with van der Waals surface area (Å²) in [6.45, 7) is 8.05. The first-order valence-corrected chi connectivity index (χ1v) is 17.5. The number of hydrogen-bond acceptors (Lipinski definition) is 6. The maximum absolute atomic E-state index is 13.8. The average molecular weight is 761 g/mol. The lowest BCUT2D eigenvalue weighted by atomic mass is 10.1. The Bertz CT molecular complexity index is 1980. The van der Waals surface area contributed by atoms with E-state index in [4.69, 9.17) is 25.8 Å². The topological polar surface area (TPSA) is 64.1 Å². The number of piperazine rings is 1. The molecule has 6 rings (SSSR count). The van der Waals surface area contributed by atoms with Crippen molar-refractivity contribution in [2.24, 2.45) is 0 Å². The monoisotopic (exact) mass is 759 g/mol. The van der Waals surface area contributed by atoms with Crippen molar-refractivity contribution in [1.29, 1.82) is 0 Å². The van der Waals surface area contributed by atoms with Gasteiger partial charge in [-0.05, 0) is 102 Å². The zero-order valence-corrected chi connectivity index (χ0v) is 31.1. The van der Waals surface area contributed by atoms with Gasteiger partial charge >= 0.3 is 0 Å². The highest BCUT2D eigenvalue weighted by molar-refractivity contribution is 6.32. The molecule has 5 aromatic rings. The van der Waals surface area contributed by atoms with Gasteiger partial charge in [0.05, 0.1) is 17.8 Å². The van der Waals surface area contributed by atoms with Crippen LogP contribution in [0.25, 0.3) is 6.08 Å². The molecule has 1 aromatic heterocycles. The second kappa shape index (κ2) is 18.7. The lowest BCUT2D eigenvalue weighted by Gasteiger charge is -2.34. The van der Waals surface area contributed by atoms with Gasteiger partial charge in [0.25, 0.3) is 0 Å². The number of carbonyl (C=O) groups is 1. The summed E-state index contributed by atoms with van der Waals surface area (Å²) in [5.41, 5.74) is 5.30. The van der Waals surface area contributed by atoms with Crippen molar-refractivity contribution in [1.82, 2.24) is 14.8 Å². The first-order valence-electron chi connectivity index (χ1n) is 17.2. The van der Waals surface area contributed by atoms with E-state index in [1.807, 2.05) is 24.0 Å². The fourth-order valence-electron chi connectivity index (χ4n) is 5.86. The Morgan fingerprint density at radius 2 is 1.58 bits per heavy atom. The Labute approximate surface area is 320 Å². The summed E-state index contributed by atoms with van der Waals surface area (Å²) in [7, 11) is 0. The number of benzene rings is 4. The predicted molar refractivity (Wildman–Crippen MR) is 206 cm³/mol. The minimum absolute atomic E-state index is 0. The number of rotatable bonds is 13. The van der Waals surface area contributed by atoms with Crippen LogP contribution in [0.1, 0.15) is 33.4 Å². The minimum atomic E-state index is -0.277. The smallest absolute Gasteiger partial charge is 0.246 e. The molecule has 1 saturated heterocycles. The molecular weight excluding hydrogens is 719 g/mol. The molecule has 1 aliphatic rings. The second-order valence-electron chi connectivity index (χ2n) is 12.7. The lowest BCUT2D eigenvalue weighted by Crippen LogP contribution is -2.47. The van der Waals surface area contributed by atoms with E-state index in [1.54, 1.807) is 61.7 Å². The standard InChI is InChI=1S/C42H40ClF2N3O4.ClH/c1-29-24-33(25-38(43)42(29)52-40-16-15-37(26-46-40)51-28-34-4-3-5-39(45)30(34)2)10-17-41(49)48-21-19-47(20-22-48)27-32-8-6-31(7-9-32)18-23-50-36-13-11-35(44)12-14-36;/h3-17,24-26H,18-23,27-28H2,1-2H3;1H. The Kier molecular flexibility index (Phi) is 13.8. The van der Waals surface area contributed by atoms with Gasteiger partial charge in [0.1, 0.15) is 29.7 Å². The van der Waals surface area contributed by atoms with Crippen molar-refractivity contribution in [2.45, 2.75) is 33.4 Å². The number of pyridine rings is 1. The van der Waals surface area contributed by atoms with Gasteiger partial charge in [-0.1, -0.05) is 48.0 Å². The summed E-state index contributed by atoms with van der Waals surface area (Å²) >= 11 is 6.61. The van der Waals surface area contributed by atoms with Crippen LogP contribution in [0.5, 0.6) is 23.1 Å². The average Bonchev–Trinajstić information content (AvgIpc) is 3.15. The van der Waals surface area contributed by atoms with Gasteiger partial charge < -0.3 is 19.1 Å². The van der Waals surface area contributed by atoms with Crippen LogP contribution < -0.4 is 14.2 Å². The third kappa shape index (κ3) is 11.0. The molecule has 0 radical (unpaired) electrons. The van der Waals surface area contributed by atoms with E-state index in [0.717, 1.165) is 42.7 Å². The summed E-state index contributed by atoms with van der Waals surface area (Å²) in [5, 5.41) is 0.399. The highest BCUT2D eigenvalue weighted by Crippen LogP contribution is 2.34. The third-order valence-electron chi connectivity index (χ3n) is 8.95. The van der Waals surface area contributed by atoms with E-state index in [2.05, 4.69) is 34.1 Å². The summed E-state index contributed by atoms with van der Waals surface area (Å²) in [6, 6.07) is 26.5. The van der Waals surface area contributed by atoms with E-state index in [-0.39, 0.29) is 36.6 Å². The molecule has 0 N–H and O–H groups in total. The quantitative estimate of drug-likeness (QED) is 0.112. The van der Waals surface area contributed by atoms with Gasteiger partial charge in [-0.15, -0.1) is 12.4 Å². The Morgan fingerprint density at radius 1 is 0.868 bits per heavy atom. The van der Waals surface area contributed by atoms with E-state index in [9.17, 15) is 13.6 Å². The first-order chi connectivity index (χ1) is 25.2. The lowest BCUT2D eigenvalue weighted by molar-refractivity contribution is -0.127. The van der Waals surface area contributed by atoms with Crippen LogP contribution in [0, 0.1) is 25.5 Å². The Morgan fingerprint density at radius 3 is 2.28 bits per heavy atom. The molecule has 0 aliphatic carbocycles. The fraction of sp³-hybridized carbons (Fsp3) is 0.238. The van der Waals surface area contributed by atoms with E-state index < -0.39 is 0 Å². The van der Waals surface area contributed by atoms with Crippen LogP contribution in [0.3, 0.4) is 0 Å². The number of aryl methyl sites for hydroxylation is 1. The number of amides is 1. The molecule has 0 spiro atoms. The molecule has 0 unspecified atom stereocenters. The van der Waals surface area contributed by atoms with Gasteiger partial charge in [-0.2, -0.15) is 0 Å². The van der Waals surface area contributed by atoms with Crippen molar-refractivity contribution >= 4 is 36.0 Å². The van der Waals surface area contributed by atoms with E-state index in [1.165, 1.54) is 29.3 Å². The largest absolute Gasteiger partial charge is 0.493 e. The van der Waals surface area contributed by atoms with Gasteiger partial charge in [-0.25, -0.2) is 13.8 Å². The highest BCUT2D eigenvalue weighted by Gasteiger charge is 2.20. The molecule has 2 heterocycles. The number of carbonyl (C=O) groups excluding carboxylic acids is 1. The molecular formula is C42H41Cl2F2N3O4. The van der Waals surface area contributed by atoms with Crippen molar-refractivity contribution in [3.8, 4) is 23.1 Å². The molecule has 0 atom stereocenters. The van der Waals surface area contributed by atoms with Gasteiger partial charge in [0.2, 0.25) is 11.8 Å². The molecule has 276 valence electrons. The van der Waals surface area contributed by atoms with Crippen molar-refractivity contribution in [3.05, 3.63) is 153 Å². The molecule has 1 aliphatic heterocycles. The summed E-state index contributed by atoms with van der Waals surface area (Å²) in [5.74, 6) is 1.42. The fourth-order valence-corrected chi connectivity index (χ4v) is 6.17. The van der Waals surface area contributed by atoms with Crippen LogP contribution in [0.15, 0.2) is 103 Å². The van der Waals surface area contributed by atoms with Crippen LogP contribution in [0.4, 0.5) is 8.78 Å². The highest BCUT2D eigenvalue weighted by atomic mass is 35.5. The summed E-state index contributed by atoms with van der Waals surface area (Å²) in [4.78, 5) is 21.6. The predicted octanol–water partition coefficient (Wildman–Crippen LogP) is 9.40. The Balaban J connectivity index is 0.00000541. The van der Waals surface area contributed by atoms with E-state index >= 15 is 0 Å². The molecule has 11 heteroatoms. The van der Waals surface area contributed by atoms with Crippen molar-refractivity contribution in [3.63, 3.8) is 0 Å². The zero-order chi connectivity index (χ0) is 36.5. The molecule has 7 nitrogen and oxygen atoms in total. The van der Waals surface area contributed by atoms with Crippen molar-refractivity contribution in [2.75, 3.05) is 32.8 Å². The number of nitrogens with zero attached hydrogens (tertiary/aromatic N) is 3.